The molecule has 0 radical (unpaired) electrons. The Labute approximate surface area is 140 Å². The summed E-state index contributed by atoms with van der Waals surface area (Å²) >= 11 is 6.07. The van der Waals surface area contributed by atoms with Crippen LogP contribution in [-0.2, 0) is 11.3 Å². The minimum atomic E-state index is -0.166. The summed E-state index contributed by atoms with van der Waals surface area (Å²) in [5.41, 5.74) is 1.54. The first-order valence-corrected chi connectivity index (χ1v) is 7.48. The average Bonchev–Trinajstić information content (AvgIpc) is 2.57. The molecule has 0 aromatic heterocycles. The molecule has 0 aliphatic heterocycles. The maximum Gasteiger partial charge on any atom is 0.238 e. The lowest BCUT2D eigenvalue weighted by Gasteiger charge is -2.12. The fourth-order valence-electron chi connectivity index (χ4n) is 2.05. The highest BCUT2D eigenvalue weighted by atomic mass is 35.5. The smallest absolute Gasteiger partial charge is 0.238 e. The molecule has 2 N–H and O–H groups in total. The summed E-state index contributed by atoms with van der Waals surface area (Å²) in [5.74, 6) is 1.04. The number of methoxy groups -OCH3 is 2. The van der Waals surface area contributed by atoms with Crippen molar-refractivity contribution < 1.29 is 14.3 Å². The van der Waals surface area contributed by atoms with Crippen LogP contribution in [0.1, 0.15) is 5.56 Å². The fraction of sp³-hybridized carbons (Fsp3) is 0.235. The number of rotatable bonds is 7. The van der Waals surface area contributed by atoms with E-state index in [1.807, 2.05) is 24.3 Å². The van der Waals surface area contributed by atoms with Crippen LogP contribution in [0, 0.1) is 0 Å². The lowest BCUT2D eigenvalue weighted by Crippen LogP contribution is -2.28. The van der Waals surface area contributed by atoms with Gasteiger partial charge >= 0.3 is 0 Å². The molecule has 0 aliphatic rings. The van der Waals surface area contributed by atoms with Gasteiger partial charge in [-0.1, -0.05) is 29.8 Å². The Kier molecular flexibility index (Phi) is 6.26. The number of hydrogen-bond donors (Lipinski definition) is 2. The summed E-state index contributed by atoms with van der Waals surface area (Å²) in [6.07, 6.45) is 0. The number of carbonyl (C=O) groups is 1. The van der Waals surface area contributed by atoms with E-state index >= 15 is 0 Å². The third-order valence-corrected chi connectivity index (χ3v) is 3.61. The lowest BCUT2D eigenvalue weighted by atomic mass is 10.2. The van der Waals surface area contributed by atoms with Crippen LogP contribution in [0.25, 0.3) is 0 Å². The van der Waals surface area contributed by atoms with E-state index in [-0.39, 0.29) is 12.5 Å². The molecule has 2 rings (SSSR count). The van der Waals surface area contributed by atoms with Gasteiger partial charge in [-0.25, -0.2) is 0 Å². The molecule has 2 aromatic rings. The van der Waals surface area contributed by atoms with Gasteiger partial charge in [0.2, 0.25) is 5.91 Å². The lowest BCUT2D eigenvalue weighted by molar-refractivity contribution is -0.115. The zero-order valence-corrected chi connectivity index (χ0v) is 13.8. The zero-order chi connectivity index (χ0) is 16.7. The summed E-state index contributed by atoms with van der Waals surface area (Å²) < 4.78 is 10.4. The normalized spacial score (nSPS) is 10.2. The van der Waals surface area contributed by atoms with Crippen molar-refractivity contribution in [3.8, 4) is 11.5 Å². The second-order valence-corrected chi connectivity index (χ2v) is 5.22. The van der Waals surface area contributed by atoms with Gasteiger partial charge in [0, 0.05) is 17.6 Å². The molecule has 0 bridgehead atoms. The van der Waals surface area contributed by atoms with E-state index in [0.29, 0.717) is 28.8 Å². The first-order valence-electron chi connectivity index (χ1n) is 7.10. The number of carbonyl (C=O) groups excluding carboxylic acids is 1. The molecule has 0 saturated heterocycles. The van der Waals surface area contributed by atoms with E-state index in [4.69, 9.17) is 21.1 Å². The van der Waals surface area contributed by atoms with E-state index < -0.39 is 0 Å². The quantitative estimate of drug-likeness (QED) is 0.817. The molecule has 5 nitrogen and oxygen atoms in total. The Morgan fingerprint density at radius 2 is 1.91 bits per heavy atom. The van der Waals surface area contributed by atoms with Crippen LogP contribution >= 0.6 is 11.6 Å². The SMILES string of the molecule is COc1ccc(NC(=O)CNCc2ccccc2Cl)c(OC)c1. The van der Waals surface area contributed by atoms with Gasteiger partial charge in [0.15, 0.2) is 0 Å². The maximum absolute atomic E-state index is 12.0. The van der Waals surface area contributed by atoms with Crippen LogP contribution in [0.5, 0.6) is 11.5 Å². The van der Waals surface area contributed by atoms with Crippen LogP contribution in [0.3, 0.4) is 0 Å². The summed E-state index contributed by atoms with van der Waals surface area (Å²) in [7, 11) is 3.12. The number of amides is 1. The van der Waals surface area contributed by atoms with Crippen LogP contribution in [0.4, 0.5) is 5.69 Å². The monoisotopic (exact) mass is 334 g/mol. The molecule has 0 fully saturated rings. The first kappa shape index (κ1) is 17.1. The third-order valence-electron chi connectivity index (χ3n) is 3.24. The topological polar surface area (TPSA) is 59.6 Å². The van der Waals surface area contributed by atoms with Gasteiger partial charge < -0.3 is 20.1 Å². The summed E-state index contributed by atoms with van der Waals surface area (Å²) in [5, 5.41) is 6.54. The largest absolute Gasteiger partial charge is 0.497 e. The summed E-state index contributed by atoms with van der Waals surface area (Å²) in [6.45, 7) is 0.688. The number of ether oxygens (including phenoxy) is 2. The fourth-order valence-corrected chi connectivity index (χ4v) is 2.25. The van der Waals surface area contributed by atoms with Gasteiger partial charge in [0.25, 0.3) is 0 Å². The molecule has 0 heterocycles. The summed E-state index contributed by atoms with van der Waals surface area (Å²) in [6, 6.07) is 12.7. The van der Waals surface area contributed by atoms with Crippen molar-refractivity contribution >= 4 is 23.2 Å². The van der Waals surface area contributed by atoms with E-state index in [9.17, 15) is 4.79 Å². The second kappa shape index (κ2) is 8.41. The summed E-state index contributed by atoms with van der Waals surface area (Å²) in [4.78, 5) is 12.0. The van der Waals surface area contributed by atoms with Crippen molar-refractivity contribution in [2.45, 2.75) is 6.54 Å². The van der Waals surface area contributed by atoms with E-state index in [1.165, 1.54) is 0 Å². The molecule has 0 atom stereocenters. The number of anilines is 1. The average molecular weight is 335 g/mol. The van der Waals surface area contributed by atoms with Gasteiger partial charge in [-0.15, -0.1) is 0 Å². The van der Waals surface area contributed by atoms with Crippen LogP contribution in [0.15, 0.2) is 42.5 Å². The predicted molar refractivity (Wildman–Crippen MR) is 91.3 cm³/mol. The van der Waals surface area contributed by atoms with Crippen LogP contribution in [-0.4, -0.2) is 26.7 Å². The highest BCUT2D eigenvalue weighted by Crippen LogP contribution is 2.28. The van der Waals surface area contributed by atoms with Gasteiger partial charge in [-0.2, -0.15) is 0 Å². The minimum Gasteiger partial charge on any atom is -0.497 e. The molecule has 0 spiro atoms. The maximum atomic E-state index is 12.0. The molecule has 1 amide bonds. The zero-order valence-electron chi connectivity index (χ0n) is 13.1. The van der Waals surface area contributed by atoms with Crippen LogP contribution in [0.2, 0.25) is 5.02 Å². The second-order valence-electron chi connectivity index (χ2n) is 4.81. The Balaban J connectivity index is 1.89. The molecular weight excluding hydrogens is 316 g/mol. The van der Waals surface area contributed by atoms with E-state index in [1.54, 1.807) is 32.4 Å². The van der Waals surface area contributed by atoms with Crippen molar-refractivity contribution in [2.75, 3.05) is 26.1 Å². The molecule has 6 heteroatoms. The molecule has 23 heavy (non-hydrogen) atoms. The molecule has 0 aliphatic carbocycles. The van der Waals surface area contributed by atoms with Gasteiger partial charge in [0.05, 0.1) is 26.5 Å². The van der Waals surface area contributed by atoms with Gasteiger partial charge in [-0.05, 0) is 23.8 Å². The Morgan fingerprint density at radius 3 is 2.61 bits per heavy atom. The minimum absolute atomic E-state index is 0.166. The molecule has 122 valence electrons. The molecule has 0 unspecified atom stereocenters. The molecule has 2 aromatic carbocycles. The Bertz CT molecular complexity index is 677. The first-order chi connectivity index (χ1) is 11.1. The number of halogens is 1. The van der Waals surface area contributed by atoms with Crippen molar-refractivity contribution in [1.29, 1.82) is 0 Å². The number of nitrogens with one attached hydrogen (secondary N) is 2. The van der Waals surface area contributed by atoms with Gasteiger partial charge in [0.1, 0.15) is 11.5 Å². The molecular formula is C17H19ClN2O3. The van der Waals surface area contributed by atoms with Crippen molar-refractivity contribution in [3.63, 3.8) is 0 Å². The van der Waals surface area contributed by atoms with Gasteiger partial charge in [-0.3, -0.25) is 4.79 Å². The predicted octanol–water partition coefficient (Wildman–Crippen LogP) is 3.09. The standard InChI is InChI=1S/C17H19ClN2O3/c1-22-13-7-8-15(16(9-13)23-2)20-17(21)11-19-10-12-5-3-4-6-14(12)18/h3-9,19H,10-11H2,1-2H3,(H,20,21). The van der Waals surface area contributed by atoms with Crippen molar-refractivity contribution in [1.82, 2.24) is 5.32 Å². The van der Waals surface area contributed by atoms with Crippen molar-refractivity contribution in [2.24, 2.45) is 0 Å². The van der Waals surface area contributed by atoms with E-state index in [2.05, 4.69) is 10.6 Å². The Hall–Kier alpha value is -2.24. The number of hydrogen-bond acceptors (Lipinski definition) is 4. The van der Waals surface area contributed by atoms with E-state index in [0.717, 1.165) is 5.56 Å². The highest BCUT2D eigenvalue weighted by molar-refractivity contribution is 6.31. The molecule has 0 saturated carbocycles. The van der Waals surface area contributed by atoms with Crippen LogP contribution < -0.4 is 20.1 Å². The van der Waals surface area contributed by atoms with Crippen molar-refractivity contribution in [3.05, 3.63) is 53.1 Å². The number of benzene rings is 2. The third kappa shape index (κ3) is 4.87. The highest BCUT2D eigenvalue weighted by Gasteiger charge is 2.09. The Morgan fingerprint density at radius 1 is 1.13 bits per heavy atom.